The van der Waals surface area contributed by atoms with Crippen LogP contribution in [0.2, 0.25) is 0 Å². The maximum absolute atomic E-state index is 4.58. The summed E-state index contributed by atoms with van der Waals surface area (Å²) in [4.78, 5) is 11.4. The van der Waals surface area contributed by atoms with E-state index in [0.29, 0.717) is 6.04 Å². The molecule has 0 bridgehead atoms. The molecule has 1 aliphatic carbocycles. The van der Waals surface area contributed by atoms with Crippen molar-refractivity contribution >= 4 is 27.4 Å². The molecule has 0 saturated heterocycles. The van der Waals surface area contributed by atoms with E-state index in [1.54, 1.807) is 17.7 Å². The molecule has 4 rings (SSSR count). The molecule has 4 heteroatoms. The summed E-state index contributed by atoms with van der Waals surface area (Å²) >= 11 is 1.73. The van der Waals surface area contributed by atoms with Crippen LogP contribution >= 0.6 is 11.3 Å². The van der Waals surface area contributed by atoms with Crippen molar-refractivity contribution < 1.29 is 0 Å². The van der Waals surface area contributed by atoms with Crippen molar-refractivity contribution in [2.75, 3.05) is 4.90 Å². The minimum Gasteiger partial charge on any atom is -0.348 e. The highest BCUT2D eigenvalue weighted by atomic mass is 32.1. The van der Waals surface area contributed by atoms with Gasteiger partial charge in [-0.15, -0.1) is 11.3 Å². The molecule has 0 amide bonds. The summed E-state index contributed by atoms with van der Waals surface area (Å²) in [5.74, 6) is 1.10. The Hall–Kier alpha value is -1.94. The molecule has 0 N–H and O–H groups in total. The van der Waals surface area contributed by atoms with Crippen LogP contribution in [0.5, 0.6) is 0 Å². The van der Waals surface area contributed by atoms with Gasteiger partial charge in [0.2, 0.25) is 0 Å². The van der Waals surface area contributed by atoms with Crippen molar-refractivity contribution in [2.45, 2.75) is 32.4 Å². The highest BCUT2D eigenvalue weighted by molar-refractivity contribution is 7.17. The molecule has 1 aromatic carbocycles. The third kappa shape index (κ3) is 2.51. The second-order valence-electron chi connectivity index (χ2n) is 5.68. The molecule has 0 unspecified atom stereocenters. The normalized spacial score (nSPS) is 14.5. The van der Waals surface area contributed by atoms with E-state index in [2.05, 4.69) is 57.5 Å². The smallest absolute Gasteiger partial charge is 0.150 e. The molecule has 0 spiro atoms. The molecular weight excluding hydrogens is 278 g/mol. The number of nitrogens with zero attached hydrogens (tertiary/aromatic N) is 3. The quantitative estimate of drug-likeness (QED) is 0.723. The van der Waals surface area contributed by atoms with Gasteiger partial charge < -0.3 is 4.90 Å². The standard InChI is InChI=1S/C17H17N3S/c1-12-3-2-4-13(9-12)10-20(14-5-6-14)17-16-15(7-8-21-16)18-11-19-17/h2-4,7-9,11,14H,5-6,10H2,1H3. The first-order valence-corrected chi connectivity index (χ1v) is 8.19. The average molecular weight is 295 g/mol. The molecule has 21 heavy (non-hydrogen) atoms. The van der Waals surface area contributed by atoms with E-state index in [1.807, 2.05) is 0 Å². The highest BCUT2D eigenvalue weighted by Gasteiger charge is 2.31. The van der Waals surface area contributed by atoms with Crippen LogP contribution in [0.15, 0.2) is 42.0 Å². The minimum absolute atomic E-state index is 0.630. The summed E-state index contributed by atoms with van der Waals surface area (Å²) in [5.41, 5.74) is 3.72. The van der Waals surface area contributed by atoms with Gasteiger partial charge in [-0.2, -0.15) is 0 Å². The van der Waals surface area contributed by atoms with Gasteiger partial charge in [-0.1, -0.05) is 29.8 Å². The fourth-order valence-electron chi connectivity index (χ4n) is 2.75. The summed E-state index contributed by atoms with van der Waals surface area (Å²) in [7, 11) is 0. The number of aryl methyl sites for hydroxylation is 1. The fraction of sp³-hybridized carbons (Fsp3) is 0.294. The largest absolute Gasteiger partial charge is 0.348 e. The number of hydrogen-bond acceptors (Lipinski definition) is 4. The van der Waals surface area contributed by atoms with Gasteiger partial charge in [0, 0.05) is 12.6 Å². The van der Waals surface area contributed by atoms with Gasteiger partial charge in [0.25, 0.3) is 0 Å². The number of fused-ring (bicyclic) bond motifs is 1. The van der Waals surface area contributed by atoms with E-state index in [-0.39, 0.29) is 0 Å². The Balaban J connectivity index is 1.73. The summed E-state index contributed by atoms with van der Waals surface area (Å²) in [6.07, 6.45) is 4.22. The van der Waals surface area contributed by atoms with Crippen LogP contribution in [0.25, 0.3) is 10.2 Å². The molecule has 1 fully saturated rings. The van der Waals surface area contributed by atoms with Crippen LogP contribution in [0.4, 0.5) is 5.82 Å². The second kappa shape index (κ2) is 5.11. The van der Waals surface area contributed by atoms with Crippen LogP contribution in [0, 0.1) is 6.92 Å². The molecule has 106 valence electrons. The summed E-state index contributed by atoms with van der Waals surface area (Å²) in [6.45, 7) is 3.07. The number of rotatable bonds is 4. The third-order valence-corrected chi connectivity index (χ3v) is 4.82. The van der Waals surface area contributed by atoms with Crippen molar-refractivity contribution in [3.8, 4) is 0 Å². The lowest BCUT2D eigenvalue weighted by atomic mass is 10.1. The SMILES string of the molecule is Cc1cccc(CN(c2ncnc3ccsc23)C2CC2)c1. The van der Waals surface area contributed by atoms with Crippen LogP contribution < -0.4 is 4.90 Å². The summed E-state index contributed by atoms with van der Waals surface area (Å²) in [5, 5.41) is 2.10. The first-order chi connectivity index (χ1) is 10.3. The molecule has 3 aromatic rings. The molecule has 0 radical (unpaired) electrons. The summed E-state index contributed by atoms with van der Waals surface area (Å²) in [6, 6.07) is 11.5. The van der Waals surface area contributed by atoms with E-state index in [1.165, 1.54) is 28.7 Å². The molecule has 0 aliphatic heterocycles. The predicted molar refractivity (Wildman–Crippen MR) is 87.8 cm³/mol. The number of hydrogen-bond donors (Lipinski definition) is 0. The molecule has 2 aromatic heterocycles. The zero-order chi connectivity index (χ0) is 14.2. The molecule has 1 saturated carbocycles. The maximum Gasteiger partial charge on any atom is 0.150 e. The molecular formula is C17H17N3S. The molecule has 0 atom stereocenters. The Labute approximate surface area is 128 Å². The number of thiophene rings is 1. The van der Waals surface area contributed by atoms with Crippen molar-refractivity contribution in [1.29, 1.82) is 0 Å². The van der Waals surface area contributed by atoms with E-state index in [9.17, 15) is 0 Å². The number of aromatic nitrogens is 2. The van der Waals surface area contributed by atoms with Crippen molar-refractivity contribution in [3.05, 3.63) is 53.2 Å². The van der Waals surface area contributed by atoms with Crippen molar-refractivity contribution in [1.82, 2.24) is 9.97 Å². The Bertz CT molecular complexity index is 776. The Morgan fingerprint density at radius 3 is 2.95 bits per heavy atom. The summed E-state index contributed by atoms with van der Waals surface area (Å²) < 4.78 is 1.21. The number of benzene rings is 1. The third-order valence-electron chi connectivity index (χ3n) is 3.92. The second-order valence-corrected chi connectivity index (χ2v) is 6.60. The van der Waals surface area contributed by atoms with Gasteiger partial charge in [0.15, 0.2) is 5.82 Å². The van der Waals surface area contributed by atoms with Crippen molar-refractivity contribution in [2.24, 2.45) is 0 Å². The minimum atomic E-state index is 0.630. The van der Waals surface area contributed by atoms with Crippen LogP contribution in [-0.2, 0) is 6.54 Å². The van der Waals surface area contributed by atoms with Gasteiger partial charge in [-0.3, -0.25) is 0 Å². The van der Waals surface area contributed by atoms with Gasteiger partial charge in [-0.05, 0) is 36.8 Å². The molecule has 3 nitrogen and oxygen atoms in total. The van der Waals surface area contributed by atoms with E-state index < -0.39 is 0 Å². The van der Waals surface area contributed by atoms with E-state index in [0.717, 1.165) is 17.9 Å². The molecule has 1 aliphatic rings. The lowest BCUT2D eigenvalue weighted by Crippen LogP contribution is -2.26. The number of anilines is 1. The van der Waals surface area contributed by atoms with Gasteiger partial charge in [0.1, 0.15) is 6.33 Å². The van der Waals surface area contributed by atoms with Crippen LogP contribution in [0.1, 0.15) is 24.0 Å². The lowest BCUT2D eigenvalue weighted by Gasteiger charge is -2.24. The Morgan fingerprint density at radius 1 is 1.24 bits per heavy atom. The molecule has 2 heterocycles. The Kier molecular flexibility index (Phi) is 3.11. The zero-order valence-corrected chi connectivity index (χ0v) is 12.8. The lowest BCUT2D eigenvalue weighted by molar-refractivity contribution is 0.781. The van der Waals surface area contributed by atoms with E-state index in [4.69, 9.17) is 0 Å². The van der Waals surface area contributed by atoms with Gasteiger partial charge >= 0.3 is 0 Å². The van der Waals surface area contributed by atoms with Gasteiger partial charge in [0.05, 0.1) is 10.2 Å². The van der Waals surface area contributed by atoms with E-state index >= 15 is 0 Å². The first kappa shape index (κ1) is 12.8. The fourth-order valence-corrected chi connectivity index (χ4v) is 3.60. The van der Waals surface area contributed by atoms with Crippen molar-refractivity contribution in [3.63, 3.8) is 0 Å². The topological polar surface area (TPSA) is 29.0 Å². The zero-order valence-electron chi connectivity index (χ0n) is 12.0. The van der Waals surface area contributed by atoms with Crippen LogP contribution in [-0.4, -0.2) is 16.0 Å². The highest BCUT2D eigenvalue weighted by Crippen LogP contribution is 2.36. The van der Waals surface area contributed by atoms with Crippen LogP contribution in [0.3, 0.4) is 0 Å². The average Bonchev–Trinajstić information content (AvgIpc) is 3.21. The Morgan fingerprint density at radius 2 is 2.14 bits per heavy atom. The monoisotopic (exact) mass is 295 g/mol. The maximum atomic E-state index is 4.58. The first-order valence-electron chi connectivity index (χ1n) is 7.31. The van der Waals surface area contributed by atoms with Gasteiger partial charge in [-0.25, -0.2) is 9.97 Å². The predicted octanol–water partition coefficient (Wildman–Crippen LogP) is 4.17.